The van der Waals surface area contributed by atoms with Gasteiger partial charge in [0.1, 0.15) is 5.56 Å². The van der Waals surface area contributed by atoms with Gasteiger partial charge in [-0.1, -0.05) is 97.9 Å². The number of nitrogens with one attached hydrogen (secondary N) is 1. The van der Waals surface area contributed by atoms with E-state index in [-0.39, 0.29) is 23.9 Å². The van der Waals surface area contributed by atoms with E-state index in [1.54, 1.807) is 0 Å². The fraction of sp³-hybridized carbons (Fsp3) is 0.207. The molecular formula is C29H29N3O3. The summed E-state index contributed by atoms with van der Waals surface area (Å²) in [6, 6.07) is 29.9. The summed E-state index contributed by atoms with van der Waals surface area (Å²) in [6.45, 7) is 2.50. The molecular weight excluding hydrogens is 438 g/mol. The molecule has 178 valence electrons. The minimum absolute atomic E-state index is 0.0546. The average molecular weight is 468 g/mol. The molecule has 0 unspecified atom stereocenters. The molecule has 0 aliphatic heterocycles. The van der Waals surface area contributed by atoms with Crippen LogP contribution < -0.4 is 11.2 Å². The summed E-state index contributed by atoms with van der Waals surface area (Å²) in [5, 5.41) is 10.9. The van der Waals surface area contributed by atoms with Gasteiger partial charge in [0.2, 0.25) is 5.88 Å². The SMILES string of the molecule is CCC(=NCCC(c1ccccc1)c1ccccc1)c1c(O)n(Cc2ccccc2)c(=O)[nH]c1=O. The Hall–Kier alpha value is -4.19. The maximum absolute atomic E-state index is 12.7. The van der Waals surface area contributed by atoms with E-state index in [1.807, 2.05) is 73.7 Å². The van der Waals surface area contributed by atoms with Crippen molar-refractivity contribution in [3.8, 4) is 5.88 Å². The van der Waals surface area contributed by atoms with Crippen LogP contribution in [0.2, 0.25) is 0 Å². The highest BCUT2D eigenvalue weighted by molar-refractivity contribution is 6.01. The molecule has 0 spiro atoms. The largest absolute Gasteiger partial charge is 0.494 e. The van der Waals surface area contributed by atoms with Gasteiger partial charge in [0.25, 0.3) is 5.56 Å². The highest BCUT2D eigenvalue weighted by Crippen LogP contribution is 2.28. The average Bonchev–Trinajstić information content (AvgIpc) is 2.89. The summed E-state index contributed by atoms with van der Waals surface area (Å²) in [5.74, 6) is -0.205. The van der Waals surface area contributed by atoms with Crippen molar-refractivity contribution >= 4 is 5.71 Å². The van der Waals surface area contributed by atoms with E-state index >= 15 is 0 Å². The van der Waals surface area contributed by atoms with Crippen molar-refractivity contribution in [1.29, 1.82) is 0 Å². The second-order valence-electron chi connectivity index (χ2n) is 8.37. The highest BCUT2D eigenvalue weighted by atomic mass is 16.3. The van der Waals surface area contributed by atoms with Gasteiger partial charge in [-0.3, -0.25) is 19.3 Å². The first-order valence-corrected chi connectivity index (χ1v) is 11.8. The van der Waals surface area contributed by atoms with Gasteiger partial charge in [-0.25, -0.2) is 4.79 Å². The van der Waals surface area contributed by atoms with Gasteiger partial charge in [-0.15, -0.1) is 0 Å². The van der Waals surface area contributed by atoms with Gasteiger partial charge in [0, 0.05) is 12.5 Å². The zero-order valence-electron chi connectivity index (χ0n) is 19.7. The quantitative estimate of drug-likeness (QED) is 0.350. The summed E-state index contributed by atoms with van der Waals surface area (Å²) in [5.41, 5.74) is 2.49. The number of H-pyrrole nitrogens is 1. The van der Waals surface area contributed by atoms with Crippen molar-refractivity contribution in [2.24, 2.45) is 4.99 Å². The van der Waals surface area contributed by atoms with Gasteiger partial charge < -0.3 is 5.11 Å². The molecule has 3 aromatic carbocycles. The van der Waals surface area contributed by atoms with Crippen molar-refractivity contribution in [3.63, 3.8) is 0 Å². The summed E-state index contributed by atoms with van der Waals surface area (Å²) in [4.78, 5) is 32.2. The third-order valence-corrected chi connectivity index (χ3v) is 6.10. The molecule has 0 saturated carbocycles. The predicted molar refractivity (Wildman–Crippen MR) is 140 cm³/mol. The van der Waals surface area contributed by atoms with Crippen LogP contribution in [-0.2, 0) is 6.54 Å². The normalized spacial score (nSPS) is 11.7. The van der Waals surface area contributed by atoms with Crippen LogP contribution >= 0.6 is 0 Å². The minimum Gasteiger partial charge on any atom is -0.494 e. The molecule has 1 aromatic heterocycles. The Morgan fingerprint density at radius 2 is 1.43 bits per heavy atom. The van der Waals surface area contributed by atoms with E-state index in [0.717, 1.165) is 12.0 Å². The maximum atomic E-state index is 12.7. The van der Waals surface area contributed by atoms with E-state index < -0.39 is 11.2 Å². The molecule has 4 aromatic rings. The van der Waals surface area contributed by atoms with Gasteiger partial charge in [-0.05, 0) is 29.5 Å². The number of benzene rings is 3. The number of hydrogen-bond donors (Lipinski definition) is 2. The van der Waals surface area contributed by atoms with E-state index in [9.17, 15) is 14.7 Å². The van der Waals surface area contributed by atoms with Crippen LogP contribution in [-0.4, -0.2) is 26.9 Å². The number of aromatic nitrogens is 2. The first-order valence-electron chi connectivity index (χ1n) is 11.8. The van der Waals surface area contributed by atoms with Crippen molar-refractivity contribution in [3.05, 3.63) is 134 Å². The number of aromatic amines is 1. The van der Waals surface area contributed by atoms with Crippen molar-refractivity contribution in [2.45, 2.75) is 32.2 Å². The van der Waals surface area contributed by atoms with Gasteiger partial charge in [0.05, 0.1) is 12.3 Å². The molecule has 0 amide bonds. The lowest BCUT2D eigenvalue weighted by Crippen LogP contribution is -2.34. The lowest BCUT2D eigenvalue weighted by atomic mass is 9.88. The Kier molecular flexibility index (Phi) is 7.73. The minimum atomic E-state index is -0.649. The third-order valence-electron chi connectivity index (χ3n) is 6.10. The Morgan fingerprint density at radius 1 is 0.886 bits per heavy atom. The van der Waals surface area contributed by atoms with Gasteiger partial charge in [-0.2, -0.15) is 0 Å². The Labute approximate surface area is 204 Å². The van der Waals surface area contributed by atoms with Crippen LogP contribution in [0.3, 0.4) is 0 Å². The number of aromatic hydroxyl groups is 1. The number of aliphatic imine (C=N–C) groups is 1. The molecule has 0 aliphatic rings. The Bertz CT molecular complexity index is 1350. The topological polar surface area (TPSA) is 87.4 Å². The van der Waals surface area contributed by atoms with Crippen LogP contribution in [0.1, 0.15) is 47.9 Å². The van der Waals surface area contributed by atoms with Crippen LogP contribution in [0.4, 0.5) is 0 Å². The standard InChI is InChI=1S/C29H29N3O3/c1-2-25(26-27(33)31-29(35)32(28(26)34)20-21-12-6-3-7-13-21)30-19-18-24(22-14-8-4-9-15-22)23-16-10-5-11-17-23/h3-17,24,34H,2,18-20H2,1H3,(H,31,33,35). The monoisotopic (exact) mass is 467 g/mol. The molecule has 4 rings (SSSR count). The summed E-state index contributed by atoms with van der Waals surface area (Å²) in [7, 11) is 0. The van der Waals surface area contributed by atoms with Crippen LogP contribution in [0.5, 0.6) is 5.88 Å². The summed E-state index contributed by atoms with van der Waals surface area (Å²) in [6.07, 6.45) is 1.18. The third kappa shape index (κ3) is 5.66. The smallest absolute Gasteiger partial charge is 0.331 e. The second-order valence-corrected chi connectivity index (χ2v) is 8.37. The molecule has 35 heavy (non-hydrogen) atoms. The first kappa shape index (κ1) is 24.0. The van der Waals surface area contributed by atoms with E-state index in [0.29, 0.717) is 18.7 Å². The molecule has 2 N–H and O–H groups in total. The second kappa shape index (κ2) is 11.3. The van der Waals surface area contributed by atoms with Crippen LogP contribution in [0, 0.1) is 0 Å². The molecule has 0 fully saturated rings. The van der Waals surface area contributed by atoms with Crippen molar-refractivity contribution < 1.29 is 5.11 Å². The van der Waals surface area contributed by atoms with E-state index in [4.69, 9.17) is 4.99 Å². The highest BCUT2D eigenvalue weighted by Gasteiger charge is 2.19. The lowest BCUT2D eigenvalue weighted by molar-refractivity contribution is 0.407. The zero-order valence-corrected chi connectivity index (χ0v) is 19.7. The number of rotatable bonds is 9. The van der Waals surface area contributed by atoms with Gasteiger partial charge in [0.15, 0.2) is 0 Å². The lowest BCUT2D eigenvalue weighted by Gasteiger charge is -2.18. The Morgan fingerprint density at radius 3 is 1.97 bits per heavy atom. The first-order chi connectivity index (χ1) is 17.1. The molecule has 0 aliphatic carbocycles. The van der Waals surface area contributed by atoms with Crippen molar-refractivity contribution in [1.82, 2.24) is 9.55 Å². The van der Waals surface area contributed by atoms with E-state index in [2.05, 4.69) is 29.2 Å². The summed E-state index contributed by atoms with van der Waals surface area (Å²) < 4.78 is 1.17. The Balaban J connectivity index is 1.63. The van der Waals surface area contributed by atoms with Crippen LogP contribution in [0.15, 0.2) is 106 Å². The van der Waals surface area contributed by atoms with Crippen LogP contribution in [0.25, 0.3) is 0 Å². The number of nitrogens with zero attached hydrogens (tertiary/aromatic N) is 2. The molecule has 0 saturated heterocycles. The molecule has 0 radical (unpaired) electrons. The fourth-order valence-corrected chi connectivity index (χ4v) is 4.33. The predicted octanol–water partition coefficient (Wildman–Crippen LogP) is 4.71. The van der Waals surface area contributed by atoms with Gasteiger partial charge >= 0.3 is 5.69 Å². The fourth-order valence-electron chi connectivity index (χ4n) is 4.33. The summed E-state index contributed by atoms with van der Waals surface area (Å²) >= 11 is 0. The number of hydrogen-bond acceptors (Lipinski definition) is 4. The van der Waals surface area contributed by atoms with Crippen molar-refractivity contribution in [2.75, 3.05) is 6.54 Å². The zero-order chi connectivity index (χ0) is 24.6. The molecule has 0 atom stereocenters. The maximum Gasteiger partial charge on any atom is 0.331 e. The van der Waals surface area contributed by atoms with E-state index in [1.165, 1.54) is 15.7 Å². The molecule has 6 nitrogen and oxygen atoms in total. The molecule has 0 bridgehead atoms. The molecule has 1 heterocycles. The molecule has 6 heteroatoms.